The van der Waals surface area contributed by atoms with Crippen LogP contribution in [0.15, 0.2) is 10.5 Å². The van der Waals surface area contributed by atoms with Crippen molar-refractivity contribution in [3.8, 4) is 0 Å². The monoisotopic (exact) mass is 214 g/mol. The van der Waals surface area contributed by atoms with Gasteiger partial charge in [-0.15, -0.1) is 12.6 Å². The topological polar surface area (TPSA) is 26.3 Å². The van der Waals surface area contributed by atoms with Gasteiger partial charge in [-0.1, -0.05) is 0 Å². The second-order valence-corrected chi connectivity index (χ2v) is 2.89. The van der Waals surface area contributed by atoms with Gasteiger partial charge in [-0.25, -0.2) is 0 Å². The summed E-state index contributed by atoms with van der Waals surface area (Å²) in [5.74, 6) is -0.637. The summed E-state index contributed by atoms with van der Waals surface area (Å²) < 4.78 is 40.3. The largest absolute Gasteiger partial charge is 0.460 e. The van der Waals surface area contributed by atoms with E-state index in [2.05, 4.69) is 17.4 Å². The molecule has 2 nitrogen and oxygen atoms in total. The fourth-order valence-electron chi connectivity index (χ4n) is 0.442. The number of alkyl halides is 3. The van der Waals surface area contributed by atoms with E-state index >= 15 is 0 Å². The van der Waals surface area contributed by atoms with Crippen molar-refractivity contribution in [1.82, 2.24) is 0 Å². The maximum Gasteiger partial charge on any atom is 0.413 e. The number of carbonyl (C=O) groups is 1. The molecule has 0 saturated carbocycles. The van der Waals surface area contributed by atoms with Crippen molar-refractivity contribution >= 4 is 18.6 Å². The Morgan fingerprint density at radius 1 is 1.38 bits per heavy atom. The lowest BCUT2D eigenvalue weighted by Gasteiger charge is -2.10. The molecule has 0 radical (unpaired) electrons. The van der Waals surface area contributed by atoms with Crippen molar-refractivity contribution < 1.29 is 22.7 Å². The molecular formula is C7H9F3O2S. The summed E-state index contributed by atoms with van der Waals surface area (Å²) >= 11 is 3.58. The Balaban J connectivity index is 4.37. The highest BCUT2D eigenvalue weighted by Crippen LogP contribution is 2.28. The van der Waals surface area contributed by atoms with Crippen LogP contribution in [0, 0.1) is 0 Å². The highest BCUT2D eigenvalue weighted by Gasteiger charge is 2.32. The van der Waals surface area contributed by atoms with E-state index in [4.69, 9.17) is 0 Å². The molecule has 0 aliphatic carbocycles. The van der Waals surface area contributed by atoms with Crippen molar-refractivity contribution in [2.75, 3.05) is 6.61 Å². The molecular weight excluding hydrogens is 205 g/mol. The van der Waals surface area contributed by atoms with Crippen LogP contribution in [0.25, 0.3) is 0 Å². The maximum absolute atomic E-state index is 12.0. The highest BCUT2D eigenvalue weighted by molar-refractivity contribution is 7.84. The van der Waals surface area contributed by atoms with E-state index in [9.17, 15) is 18.0 Å². The number of hydrogen-bond donors (Lipinski definition) is 1. The lowest BCUT2D eigenvalue weighted by atomic mass is 10.3. The van der Waals surface area contributed by atoms with Crippen molar-refractivity contribution in [3.05, 3.63) is 10.5 Å². The zero-order valence-corrected chi connectivity index (χ0v) is 8.00. The fraction of sp³-hybridized carbons (Fsp3) is 0.571. The molecule has 0 aliphatic heterocycles. The predicted molar refractivity (Wildman–Crippen MR) is 44.4 cm³/mol. The summed E-state index contributed by atoms with van der Waals surface area (Å²) in [7, 11) is 0. The first-order valence-corrected chi connectivity index (χ1v) is 3.79. The third kappa shape index (κ3) is 4.82. The van der Waals surface area contributed by atoms with Crippen molar-refractivity contribution in [2.45, 2.75) is 20.0 Å². The Labute approximate surface area is 79.2 Å². The Morgan fingerprint density at radius 2 is 1.85 bits per heavy atom. The third-order valence-corrected chi connectivity index (χ3v) is 1.73. The fourth-order valence-corrected chi connectivity index (χ4v) is 0.633. The van der Waals surface area contributed by atoms with E-state index < -0.39 is 24.3 Å². The minimum Gasteiger partial charge on any atom is -0.460 e. The van der Waals surface area contributed by atoms with Gasteiger partial charge in [0.15, 0.2) is 0 Å². The molecule has 13 heavy (non-hydrogen) atoms. The summed E-state index contributed by atoms with van der Waals surface area (Å²) in [6.07, 6.45) is -4.42. The van der Waals surface area contributed by atoms with Gasteiger partial charge in [0, 0.05) is 17.4 Å². The van der Waals surface area contributed by atoms with Crippen LogP contribution in [0.3, 0.4) is 0 Å². The average molecular weight is 214 g/mol. The van der Waals surface area contributed by atoms with Crippen molar-refractivity contribution in [1.29, 1.82) is 0 Å². The van der Waals surface area contributed by atoms with Gasteiger partial charge < -0.3 is 4.74 Å². The minimum atomic E-state index is -4.42. The van der Waals surface area contributed by atoms with Crippen LogP contribution < -0.4 is 0 Å². The molecule has 6 heteroatoms. The molecule has 0 amide bonds. The lowest BCUT2D eigenvalue weighted by Crippen LogP contribution is -2.13. The number of ether oxygens (including phenoxy) is 1. The molecule has 0 fully saturated rings. The standard InChI is InChI=1S/C7H9F3O2S/c1-4(7(8,9)10)6(13)3-12-5(2)11/h13H,3H2,1-2H3/b6-4+. The summed E-state index contributed by atoms with van der Waals surface area (Å²) in [6, 6.07) is 0. The van der Waals surface area contributed by atoms with E-state index in [1.807, 2.05) is 0 Å². The smallest absolute Gasteiger partial charge is 0.413 e. The van der Waals surface area contributed by atoms with E-state index in [1.54, 1.807) is 0 Å². The molecule has 0 unspecified atom stereocenters. The first kappa shape index (κ1) is 12.3. The summed E-state index contributed by atoms with van der Waals surface area (Å²) in [5.41, 5.74) is -0.850. The molecule has 0 heterocycles. The third-order valence-electron chi connectivity index (χ3n) is 1.27. The molecule has 0 spiro atoms. The molecule has 0 aromatic carbocycles. The predicted octanol–water partition coefficient (Wildman–Crippen LogP) is 2.32. The highest BCUT2D eigenvalue weighted by atomic mass is 32.1. The number of hydrogen-bond acceptors (Lipinski definition) is 3. The van der Waals surface area contributed by atoms with Gasteiger partial charge in [-0.2, -0.15) is 13.2 Å². The van der Waals surface area contributed by atoms with Crippen LogP contribution in [-0.2, 0) is 9.53 Å². The van der Waals surface area contributed by atoms with E-state index in [0.29, 0.717) is 0 Å². The summed E-state index contributed by atoms with van der Waals surface area (Å²) in [5, 5.41) is 0. The number of rotatable bonds is 2. The van der Waals surface area contributed by atoms with Gasteiger partial charge in [0.25, 0.3) is 0 Å². The first-order chi connectivity index (χ1) is 5.75. The first-order valence-electron chi connectivity index (χ1n) is 3.34. The molecule has 0 atom stereocenters. The van der Waals surface area contributed by atoms with Crippen LogP contribution in [0.4, 0.5) is 13.2 Å². The number of thiol groups is 1. The van der Waals surface area contributed by atoms with E-state index in [1.165, 1.54) is 0 Å². The van der Waals surface area contributed by atoms with Gasteiger partial charge in [-0.05, 0) is 6.92 Å². The Kier molecular flexibility index (Phi) is 4.32. The van der Waals surface area contributed by atoms with Crippen molar-refractivity contribution in [2.24, 2.45) is 0 Å². The SMILES string of the molecule is CC(=O)OC/C(S)=C(/C)C(F)(F)F. The number of carbonyl (C=O) groups excluding carboxylic acids is 1. The van der Waals surface area contributed by atoms with Crippen LogP contribution in [0.2, 0.25) is 0 Å². The molecule has 0 N–H and O–H groups in total. The normalized spacial score (nSPS) is 13.7. The lowest BCUT2D eigenvalue weighted by molar-refractivity contribution is -0.140. The number of halogens is 3. The molecule has 0 rings (SSSR count). The molecule has 0 bridgehead atoms. The molecule has 0 aromatic heterocycles. The molecule has 0 aromatic rings. The van der Waals surface area contributed by atoms with Crippen LogP contribution in [0.1, 0.15) is 13.8 Å². The van der Waals surface area contributed by atoms with E-state index in [0.717, 1.165) is 13.8 Å². The number of allylic oxidation sites excluding steroid dienone is 1. The van der Waals surface area contributed by atoms with Gasteiger partial charge >= 0.3 is 12.1 Å². The Bertz CT molecular complexity index is 232. The van der Waals surface area contributed by atoms with Crippen LogP contribution in [-0.4, -0.2) is 18.8 Å². The van der Waals surface area contributed by atoms with Crippen LogP contribution >= 0.6 is 12.6 Å². The number of esters is 1. The molecule has 0 saturated heterocycles. The van der Waals surface area contributed by atoms with Gasteiger partial charge in [-0.3, -0.25) is 4.79 Å². The Morgan fingerprint density at radius 3 is 2.15 bits per heavy atom. The Hall–Kier alpha value is -0.650. The second-order valence-electron chi connectivity index (χ2n) is 2.35. The maximum atomic E-state index is 12.0. The average Bonchev–Trinajstić information content (AvgIpc) is 1.96. The zero-order valence-electron chi connectivity index (χ0n) is 7.10. The van der Waals surface area contributed by atoms with E-state index in [-0.39, 0.29) is 4.91 Å². The summed E-state index contributed by atoms with van der Waals surface area (Å²) in [6.45, 7) is 1.56. The minimum absolute atomic E-state index is 0.289. The van der Waals surface area contributed by atoms with Gasteiger partial charge in [0.05, 0.1) is 0 Å². The summed E-state index contributed by atoms with van der Waals surface area (Å²) in [4.78, 5) is 9.97. The zero-order chi connectivity index (χ0) is 10.6. The van der Waals surface area contributed by atoms with Crippen LogP contribution in [0.5, 0.6) is 0 Å². The molecule has 0 aliphatic rings. The molecule has 76 valence electrons. The second kappa shape index (κ2) is 4.55. The quantitative estimate of drug-likeness (QED) is 0.564. The van der Waals surface area contributed by atoms with Crippen molar-refractivity contribution in [3.63, 3.8) is 0 Å². The van der Waals surface area contributed by atoms with Gasteiger partial charge in [0.2, 0.25) is 0 Å². The van der Waals surface area contributed by atoms with Gasteiger partial charge in [0.1, 0.15) is 6.61 Å².